The molecule has 1 heterocycles. The van der Waals surface area contributed by atoms with Crippen LogP contribution in [0, 0.1) is 0 Å². The number of rotatable bonds is 5. The molecule has 1 aromatic rings. The zero-order valence-corrected chi connectivity index (χ0v) is 13.4. The summed E-state index contributed by atoms with van der Waals surface area (Å²) in [5.41, 5.74) is 1.09. The summed E-state index contributed by atoms with van der Waals surface area (Å²) >= 11 is 0. The van der Waals surface area contributed by atoms with Crippen LogP contribution in [0.1, 0.15) is 32.4 Å². The van der Waals surface area contributed by atoms with Crippen molar-refractivity contribution in [3.63, 3.8) is 0 Å². The van der Waals surface area contributed by atoms with E-state index in [1.165, 1.54) is 0 Å². The summed E-state index contributed by atoms with van der Waals surface area (Å²) in [6, 6.07) is 10.4. The summed E-state index contributed by atoms with van der Waals surface area (Å²) in [5.74, 6) is 0.234. The van der Waals surface area contributed by atoms with Crippen LogP contribution in [0.4, 0.5) is 0 Å². The summed E-state index contributed by atoms with van der Waals surface area (Å²) < 4.78 is 0. The van der Waals surface area contributed by atoms with Gasteiger partial charge in [0.05, 0.1) is 0 Å². The lowest BCUT2D eigenvalue weighted by Crippen LogP contribution is -2.54. The molecule has 2 rings (SSSR count). The highest BCUT2D eigenvalue weighted by molar-refractivity contribution is 5.83. The van der Waals surface area contributed by atoms with Crippen molar-refractivity contribution < 1.29 is 4.79 Å². The summed E-state index contributed by atoms with van der Waals surface area (Å²) in [5, 5.41) is 3.40. The molecular weight excluding hydrogens is 262 g/mol. The van der Waals surface area contributed by atoms with E-state index in [1.54, 1.807) is 0 Å². The lowest BCUT2D eigenvalue weighted by atomic mass is 10.0. The van der Waals surface area contributed by atoms with Crippen LogP contribution in [-0.4, -0.2) is 54.5 Å². The number of hydrogen-bond donors (Lipinski definition) is 1. The Morgan fingerprint density at radius 3 is 2.57 bits per heavy atom. The molecule has 0 aromatic heterocycles. The first-order valence-corrected chi connectivity index (χ1v) is 7.98. The molecule has 1 amide bonds. The van der Waals surface area contributed by atoms with Crippen molar-refractivity contribution in [2.45, 2.75) is 32.9 Å². The maximum Gasteiger partial charge on any atom is 0.244 e. The number of likely N-dealkylation sites (N-methyl/N-ethyl adjacent to an activating group) is 1. The summed E-state index contributed by atoms with van der Waals surface area (Å²) in [6.45, 7) is 10.6. The molecule has 0 spiro atoms. The van der Waals surface area contributed by atoms with Gasteiger partial charge in [-0.05, 0) is 25.6 Å². The molecule has 2 unspecified atom stereocenters. The zero-order chi connectivity index (χ0) is 15.2. The van der Waals surface area contributed by atoms with Gasteiger partial charge in [-0.3, -0.25) is 9.69 Å². The maximum atomic E-state index is 13.1. The lowest BCUT2D eigenvalue weighted by molar-refractivity contribution is -0.138. The van der Waals surface area contributed by atoms with Crippen LogP contribution in [0.15, 0.2) is 30.3 Å². The Hall–Kier alpha value is -1.39. The molecule has 4 nitrogen and oxygen atoms in total. The fourth-order valence-corrected chi connectivity index (χ4v) is 3.04. The Bertz CT molecular complexity index is 445. The molecule has 1 saturated heterocycles. The molecule has 1 aliphatic rings. The average Bonchev–Trinajstić information content (AvgIpc) is 2.52. The molecule has 116 valence electrons. The van der Waals surface area contributed by atoms with Gasteiger partial charge in [-0.1, -0.05) is 44.2 Å². The monoisotopic (exact) mass is 289 g/mol. The highest BCUT2D eigenvalue weighted by Gasteiger charge is 2.31. The van der Waals surface area contributed by atoms with Gasteiger partial charge >= 0.3 is 0 Å². The Morgan fingerprint density at radius 1 is 1.33 bits per heavy atom. The third-order valence-electron chi connectivity index (χ3n) is 4.21. The predicted octanol–water partition coefficient (Wildman–Crippen LogP) is 1.89. The molecular formula is C17H27N3O. The largest absolute Gasteiger partial charge is 0.338 e. The van der Waals surface area contributed by atoms with Crippen LogP contribution < -0.4 is 5.32 Å². The van der Waals surface area contributed by atoms with E-state index in [0.717, 1.165) is 38.3 Å². The van der Waals surface area contributed by atoms with E-state index >= 15 is 0 Å². The van der Waals surface area contributed by atoms with Gasteiger partial charge in [-0.15, -0.1) is 0 Å². The fraction of sp³-hybridized carbons (Fsp3) is 0.588. The second-order valence-corrected chi connectivity index (χ2v) is 5.67. The molecule has 0 bridgehead atoms. The van der Waals surface area contributed by atoms with Gasteiger partial charge < -0.3 is 10.2 Å². The summed E-state index contributed by atoms with van der Waals surface area (Å²) in [6.07, 6.45) is 0. The molecule has 4 heteroatoms. The average molecular weight is 289 g/mol. The normalized spacial score (nSPS) is 20.6. The Morgan fingerprint density at radius 2 is 2.00 bits per heavy atom. The van der Waals surface area contributed by atoms with Gasteiger partial charge in [0.15, 0.2) is 0 Å². The number of hydrogen-bond acceptors (Lipinski definition) is 3. The molecule has 1 aliphatic heterocycles. The van der Waals surface area contributed by atoms with Gasteiger partial charge in [0.2, 0.25) is 5.91 Å². The summed E-state index contributed by atoms with van der Waals surface area (Å²) in [7, 11) is 0. The van der Waals surface area contributed by atoms with Crippen LogP contribution in [0.25, 0.3) is 0 Å². The van der Waals surface area contributed by atoms with E-state index in [1.807, 2.05) is 23.1 Å². The minimum Gasteiger partial charge on any atom is -0.338 e. The number of amides is 1. The van der Waals surface area contributed by atoms with Gasteiger partial charge in [0.1, 0.15) is 6.04 Å². The van der Waals surface area contributed by atoms with E-state index in [2.05, 4.69) is 43.1 Å². The van der Waals surface area contributed by atoms with Gasteiger partial charge in [0.25, 0.3) is 0 Å². The number of piperazine rings is 1. The van der Waals surface area contributed by atoms with Crippen molar-refractivity contribution in [1.29, 1.82) is 0 Å². The molecule has 0 saturated carbocycles. The smallest absolute Gasteiger partial charge is 0.244 e. The van der Waals surface area contributed by atoms with Crippen molar-refractivity contribution in [1.82, 2.24) is 15.1 Å². The maximum absolute atomic E-state index is 13.1. The van der Waals surface area contributed by atoms with Crippen LogP contribution in [0.3, 0.4) is 0 Å². The molecule has 1 fully saturated rings. The van der Waals surface area contributed by atoms with E-state index in [-0.39, 0.29) is 11.9 Å². The number of carbonyl (C=O) groups excluding carboxylic acids is 1. The molecule has 2 atom stereocenters. The van der Waals surface area contributed by atoms with E-state index < -0.39 is 0 Å². The van der Waals surface area contributed by atoms with Gasteiger partial charge in [-0.25, -0.2) is 0 Å². The number of benzene rings is 1. The third-order valence-corrected chi connectivity index (χ3v) is 4.21. The van der Waals surface area contributed by atoms with E-state index in [4.69, 9.17) is 0 Å². The van der Waals surface area contributed by atoms with Crippen molar-refractivity contribution in [2.75, 3.05) is 32.7 Å². The Balaban J connectivity index is 2.24. The lowest BCUT2D eigenvalue weighted by Gasteiger charge is -2.37. The number of nitrogens with zero attached hydrogens (tertiary/aromatic N) is 2. The summed E-state index contributed by atoms with van der Waals surface area (Å²) in [4.78, 5) is 17.3. The van der Waals surface area contributed by atoms with Gasteiger partial charge in [-0.2, -0.15) is 0 Å². The Labute approximate surface area is 128 Å². The van der Waals surface area contributed by atoms with Crippen molar-refractivity contribution >= 4 is 5.91 Å². The van der Waals surface area contributed by atoms with Crippen molar-refractivity contribution in [2.24, 2.45) is 0 Å². The minimum absolute atomic E-state index is 0.161. The molecule has 21 heavy (non-hydrogen) atoms. The molecule has 1 N–H and O–H groups in total. The molecule has 0 aliphatic carbocycles. The number of nitrogens with one attached hydrogen (secondary N) is 1. The first kappa shape index (κ1) is 16.0. The quantitative estimate of drug-likeness (QED) is 0.899. The van der Waals surface area contributed by atoms with Crippen LogP contribution in [0.2, 0.25) is 0 Å². The van der Waals surface area contributed by atoms with Crippen LogP contribution in [0.5, 0.6) is 0 Å². The first-order valence-electron chi connectivity index (χ1n) is 7.98. The Kier molecular flexibility index (Phi) is 5.76. The minimum atomic E-state index is -0.161. The van der Waals surface area contributed by atoms with Crippen LogP contribution in [-0.2, 0) is 4.79 Å². The fourth-order valence-electron chi connectivity index (χ4n) is 3.04. The van der Waals surface area contributed by atoms with Crippen LogP contribution >= 0.6 is 0 Å². The zero-order valence-electron chi connectivity index (χ0n) is 13.4. The van der Waals surface area contributed by atoms with E-state index in [0.29, 0.717) is 6.04 Å². The second kappa shape index (κ2) is 7.57. The standard InChI is InChI=1S/C17H27N3O/c1-4-19(5-2)16(15-9-7-6-8-10-15)17(21)20-12-11-18-14(3)13-20/h6-10,14,16,18H,4-5,11-13H2,1-3H3. The number of carbonyl (C=O) groups is 1. The molecule has 1 aromatic carbocycles. The first-order chi connectivity index (χ1) is 10.2. The van der Waals surface area contributed by atoms with Crippen molar-refractivity contribution in [3.05, 3.63) is 35.9 Å². The van der Waals surface area contributed by atoms with E-state index in [9.17, 15) is 4.79 Å². The topological polar surface area (TPSA) is 35.6 Å². The molecule has 0 radical (unpaired) electrons. The predicted molar refractivity (Wildman–Crippen MR) is 86.1 cm³/mol. The second-order valence-electron chi connectivity index (χ2n) is 5.67. The highest BCUT2D eigenvalue weighted by atomic mass is 16.2. The third kappa shape index (κ3) is 3.83. The SMILES string of the molecule is CCN(CC)C(C(=O)N1CCNC(C)C1)c1ccccc1. The van der Waals surface area contributed by atoms with Gasteiger partial charge in [0, 0.05) is 25.7 Å². The highest BCUT2D eigenvalue weighted by Crippen LogP contribution is 2.23. The van der Waals surface area contributed by atoms with Crippen molar-refractivity contribution in [3.8, 4) is 0 Å².